The van der Waals surface area contributed by atoms with Crippen molar-refractivity contribution in [3.05, 3.63) is 0 Å². The predicted molar refractivity (Wildman–Crippen MR) is 60.0 cm³/mol. The lowest BCUT2D eigenvalue weighted by atomic mass is 10.3. The maximum Gasteiger partial charge on any atom is 0.231 e. The van der Waals surface area contributed by atoms with Gasteiger partial charge in [-0.15, -0.1) is 0 Å². The molecule has 0 aromatic rings. The van der Waals surface area contributed by atoms with Gasteiger partial charge in [-0.3, -0.25) is 14.6 Å². The summed E-state index contributed by atoms with van der Waals surface area (Å²) in [5.74, 6) is -0.264. The van der Waals surface area contributed by atoms with Gasteiger partial charge in [0.1, 0.15) is 0 Å². The lowest BCUT2D eigenvalue weighted by Gasteiger charge is -2.33. The number of ether oxygens (including phenoxy) is 1. The first-order valence-corrected chi connectivity index (χ1v) is 5.64. The summed E-state index contributed by atoms with van der Waals surface area (Å²) in [6.45, 7) is 6.00. The van der Waals surface area contributed by atoms with Gasteiger partial charge in [-0.25, -0.2) is 0 Å². The van der Waals surface area contributed by atoms with Crippen LogP contribution in [-0.2, 0) is 9.53 Å². The fourth-order valence-electron chi connectivity index (χ4n) is 1.75. The quantitative estimate of drug-likeness (QED) is 0.500. The molecule has 0 aromatic heterocycles. The zero-order chi connectivity index (χ0) is 11.8. The first-order chi connectivity index (χ1) is 7.72. The van der Waals surface area contributed by atoms with Crippen LogP contribution in [0.4, 0.5) is 0 Å². The summed E-state index contributed by atoms with van der Waals surface area (Å²) in [7, 11) is 0. The molecule has 1 amide bonds. The highest BCUT2D eigenvalue weighted by Gasteiger charge is 2.17. The van der Waals surface area contributed by atoms with Crippen LogP contribution in [0.2, 0.25) is 0 Å². The molecule has 0 bridgehead atoms. The summed E-state index contributed by atoms with van der Waals surface area (Å²) in [4.78, 5) is 15.1. The van der Waals surface area contributed by atoms with E-state index in [1.54, 1.807) is 0 Å². The number of rotatable bonds is 7. The van der Waals surface area contributed by atoms with Gasteiger partial charge in [0.2, 0.25) is 5.91 Å². The molecule has 1 fully saturated rings. The number of hydrogen-bond donors (Lipinski definition) is 2. The number of nitrogens with zero attached hydrogens (tertiary/aromatic N) is 2. The highest BCUT2D eigenvalue weighted by Crippen LogP contribution is 2.00. The van der Waals surface area contributed by atoms with Crippen LogP contribution in [0.1, 0.15) is 0 Å². The van der Waals surface area contributed by atoms with Gasteiger partial charge >= 0.3 is 0 Å². The fourth-order valence-corrected chi connectivity index (χ4v) is 1.75. The number of nitrogens with two attached hydrogens (primary N) is 1. The van der Waals surface area contributed by atoms with Gasteiger partial charge in [-0.2, -0.15) is 0 Å². The Hall–Kier alpha value is -0.690. The number of carbonyl (C=O) groups excluding carboxylic acids is 1. The molecule has 6 heteroatoms. The monoisotopic (exact) mass is 231 g/mol. The van der Waals surface area contributed by atoms with E-state index in [0.29, 0.717) is 19.8 Å². The maximum atomic E-state index is 10.7. The number of carbonyl (C=O) groups is 1. The van der Waals surface area contributed by atoms with Crippen LogP contribution in [0, 0.1) is 0 Å². The molecule has 94 valence electrons. The van der Waals surface area contributed by atoms with Crippen molar-refractivity contribution < 1.29 is 14.6 Å². The Labute approximate surface area is 95.9 Å². The van der Waals surface area contributed by atoms with Crippen molar-refractivity contribution in [3.8, 4) is 0 Å². The number of primary amides is 1. The van der Waals surface area contributed by atoms with Crippen molar-refractivity contribution in [3.63, 3.8) is 0 Å². The molecule has 0 spiro atoms. The number of hydrogen-bond acceptors (Lipinski definition) is 5. The molecule has 3 N–H and O–H groups in total. The summed E-state index contributed by atoms with van der Waals surface area (Å²) in [6.07, 6.45) is 0. The number of piperazine rings is 1. The van der Waals surface area contributed by atoms with Crippen LogP contribution in [-0.4, -0.2) is 79.9 Å². The van der Waals surface area contributed by atoms with E-state index in [-0.39, 0.29) is 12.5 Å². The number of aliphatic hydroxyl groups is 1. The van der Waals surface area contributed by atoms with E-state index >= 15 is 0 Å². The third kappa shape index (κ3) is 5.41. The maximum absolute atomic E-state index is 10.7. The predicted octanol–water partition coefficient (Wildman–Crippen LogP) is -1.90. The van der Waals surface area contributed by atoms with Crippen molar-refractivity contribution in [1.82, 2.24) is 9.80 Å². The summed E-state index contributed by atoms with van der Waals surface area (Å²) in [6, 6.07) is 0. The Bertz CT molecular complexity index is 205. The van der Waals surface area contributed by atoms with E-state index < -0.39 is 0 Å². The topological polar surface area (TPSA) is 79.0 Å². The Morgan fingerprint density at radius 2 is 1.81 bits per heavy atom. The van der Waals surface area contributed by atoms with Crippen molar-refractivity contribution in [1.29, 1.82) is 0 Å². The van der Waals surface area contributed by atoms with Crippen LogP contribution in [0.25, 0.3) is 0 Å². The normalized spacial score (nSPS) is 18.8. The molecule has 1 heterocycles. The second kappa shape index (κ2) is 7.56. The SMILES string of the molecule is NC(=O)CN1CCN(CCOCCO)CC1. The largest absolute Gasteiger partial charge is 0.394 e. The summed E-state index contributed by atoms with van der Waals surface area (Å²) >= 11 is 0. The lowest BCUT2D eigenvalue weighted by molar-refractivity contribution is -0.119. The van der Waals surface area contributed by atoms with Crippen LogP contribution in [0.3, 0.4) is 0 Å². The zero-order valence-electron chi connectivity index (χ0n) is 9.60. The van der Waals surface area contributed by atoms with Crippen molar-refractivity contribution in [2.45, 2.75) is 0 Å². The van der Waals surface area contributed by atoms with Gasteiger partial charge in [-0.1, -0.05) is 0 Å². The van der Waals surface area contributed by atoms with E-state index in [0.717, 1.165) is 32.7 Å². The van der Waals surface area contributed by atoms with E-state index in [9.17, 15) is 4.79 Å². The number of aliphatic hydroxyl groups excluding tert-OH is 1. The van der Waals surface area contributed by atoms with Crippen molar-refractivity contribution in [2.75, 3.05) is 59.1 Å². The molecule has 1 aliphatic heterocycles. The van der Waals surface area contributed by atoms with Gasteiger partial charge < -0.3 is 15.6 Å². The Morgan fingerprint density at radius 1 is 1.19 bits per heavy atom. The Kier molecular flexibility index (Phi) is 6.32. The minimum atomic E-state index is -0.264. The molecular formula is C10H21N3O3. The first-order valence-electron chi connectivity index (χ1n) is 5.64. The summed E-state index contributed by atoms with van der Waals surface area (Å²) < 4.78 is 5.20. The minimum absolute atomic E-state index is 0.0758. The zero-order valence-corrected chi connectivity index (χ0v) is 9.60. The molecule has 1 aliphatic rings. The third-order valence-electron chi connectivity index (χ3n) is 2.63. The van der Waals surface area contributed by atoms with E-state index in [1.807, 2.05) is 0 Å². The van der Waals surface area contributed by atoms with Crippen LogP contribution in [0.15, 0.2) is 0 Å². The van der Waals surface area contributed by atoms with Gasteiger partial charge in [0.25, 0.3) is 0 Å². The first kappa shape index (κ1) is 13.4. The molecule has 1 saturated heterocycles. The smallest absolute Gasteiger partial charge is 0.231 e. The second-order valence-corrected chi connectivity index (χ2v) is 3.92. The number of amides is 1. The Morgan fingerprint density at radius 3 is 2.38 bits per heavy atom. The van der Waals surface area contributed by atoms with Gasteiger partial charge in [0.05, 0.1) is 26.4 Å². The average molecular weight is 231 g/mol. The van der Waals surface area contributed by atoms with E-state index in [4.69, 9.17) is 15.6 Å². The summed E-state index contributed by atoms with van der Waals surface area (Å²) in [5.41, 5.74) is 5.13. The standard InChI is InChI=1S/C10H21N3O3/c11-10(15)9-13-3-1-12(2-4-13)5-7-16-8-6-14/h14H,1-9H2,(H2,11,15). The van der Waals surface area contributed by atoms with E-state index in [2.05, 4.69) is 9.80 Å². The highest BCUT2D eigenvalue weighted by molar-refractivity contribution is 5.75. The van der Waals surface area contributed by atoms with Gasteiger partial charge in [-0.05, 0) is 0 Å². The fraction of sp³-hybridized carbons (Fsp3) is 0.900. The van der Waals surface area contributed by atoms with Crippen molar-refractivity contribution in [2.24, 2.45) is 5.73 Å². The van der Waals surface area contributed by atoms with Crippen LogP contribution >= 0.6 is 0 Å². The van der Waals surface area contributed by atoms with Crippen LogP contribution in [0.5, 0.6) is 0 Å². The van der Waals surface area contributed by atoms with Crippen LogP contribution < -0.4 is 5.73 Å². The highest BCUT2D eigenvalue weighted by atomic mass is 16.5. The molecule has 0 aromatic carbocycles. The van der Waals surface area contributed by atoms with Gasteiger partial charge in [0, 0.05) is 32.7 Å². The third-order valence-corrected chi connectivity index (χ3v) is 2.63. The molecule has 6 nitrogen and oxygen atoms in total. The van der Waals surface area contributed by atoms with Gasteiger partial charge in [0.15, 0.2) is 0 Å². The minimum Gasteiger partial charge on any atom is -0.394 e. The molecular weight excluding hydrogens is 210 g/mol. The molecule has 0 unspecified atom stereocenters. The Balaban J connectivity index is 2.05. The van der Waals surface area contributed by atoms with Crippen molar-refractivity contribution >= 4 is 5.91 Å². The molecule has 16 heavy (non-hydrogen) atoms. The molecule has 1 rings (SSSR count). The molecule has 0 saturated carbocycles. The molecule has 0 radical (unpaired) electrons. The molecule has 0 atom stereocenters. The lowest BCUT2D eigenvalue weighted by Crippen LogP contribution is -2.49. The van der Waals surface area contributed by atoms with E-state index in [1.165, 1.54) is 0 Å². The molecule has 0 aliphatic carbocycles. The summed E-state index contributed by atoms with van der Waals surface area (Å²) in [5, 5.41) is 8.53. The average Bonchev–Trinajstić information content (AvgIpc) is 2.26. The second-order valence-electron chi connectivity index (χ2n) is 3.92.